The van der Waals surface area contributed by atoms with Gasteiger partial charge in [0.25, 0.3) is 0 Å². The molecule has 0 saturated carbocycles. The summed E-state index contributed by atoms with van der Waals surface area (Å²) >= 11 is 18.2. The lowest BCUT2D eigenvalue weighted by Gasteiger charge is -2.15. The summed E-state index contributed by atoms with van der Waals surface area (Å²) in [6.45, 7) is 3.23. The molecule has 0 aromatic heterocycles. The Bertz CT molecular complexity index is 1160. The van der Waals surface area contributed by atoms with E-state index in [1.807, 2.05) is 0 Å². The Kier molecular flexibility index (Phi) is 6.59. The van der Waals surface area contributed by atoms with Crippen LogP contribution in [0.25, 0.3) is 0 Å². The van der Waals surface area contributed by atoms with Crippen LogP contribution in [-0.4, -0.2) is 20.5 Å². The SMILES string of the molecule is CC(C)OC(=O)c1ccccc1S(=O)(=O)c1c(Cl)c(Cl)c(C#N)c(C#N)c1Cl. The number of hydrogen-bond donors (Lipinski definition) is 0. The molecule has 0 aliphatic heterocycles. The molecular weight excluding hydrogens is 447 g/mol. The number of sulfone groups is 1. The fourth-order valence-electron chi connectivity index (χ4n) is 2.34. The lowest BCUT2D eigenvalue weighted by Crippen LogP contribution is -2.16. The molecule has 2 aromatic carbocycles. The molecule has 0 atom stereocenters. The van der Waals surface area contributed by atoms with E-state index in [0.29, 0.717) is 0 Å². The van der Waals surface area contributed by atoms with Crippen molar-refractivity contribution in [3.63, 3.8) is 0 Å². The van der Waals surface area contributed by atoms with Gasteiger partial charge in [0.05, 0.1) is 42.8 Å². The molecule has 0 saturated heterocycles. The van der Waals surface area contributed by atoms with Gasteiger partial charge in [-0.3, -0.25) is 0 Å². The van der Waals surface area contributed by atoms with E-state index in [1.54, 1.807) is 26.0 Å². The molecule has 144 valence electrons. The zero-order valence-electron chi connectivity index (χ0n) is 14.5. The van der Waals surface area contributed by atoms with Crippen LogP contribution in [0.15, 0.2) is 34.1 Å². The van der Waals surface area contributed by atoms with E-state index in [0.717, 1.165) is 0 Å². The Labute approximate surface area is 176 Å². The van der Waals surface area contributed by atoms with Gasteiger partial charge in [-0.25, -0.2) is 13.2 Å². The van der Waals surface area contributed by atoms with E-state index in [9.17, 15) is 23.7 Å². The quantitative estimate of drug-likeness (QED) is 0.482. The summed E-state index contributed by atoms with van der Waals surface area (Å²) < 4.78 is 31.6. The van der Waals surface area contributed by atoms with E-state index in [-0.39, 0.29) is 11.1 Å². The van der Waals surface area contributed by atoms with Gasteiger partial charge in [0.1, 0.15) is 17.0 Å². The van der Waals surface area contributed by atoms with Crippen molar-refractivity contribution in [1.29, 1.82) is 10.5 Å². The number of hydrogen-bond acceptors (Lipinski definition) is 6. The van der Waals surface area contributed by atoms with Gasteiger partial charge in [0, 0.05) is 0 Å². The summed E-state index contributed by atoms with van der Waals surface area (Å²) in [4.78, 5) is 11.3. The van der Waals surface area contributed by atoms with Crippen LogP contribution in [0.4, 0.5) is 0 Å². The first-order valence-corrected chi connectivity index (χ1v) is 10.2. The molecule has 2 rings (SSSR count). The number of carbonyl (C=O) groups is 1. The number of ether oxygens (including phenoxy) is 1. The Hall–Kier alpha value is -2.29. The molecule has 10 heteroatoms. The second-order valence-electron chi connectivity index (χ2n) is 5.70. The Balaban J connectivity index is 2.86. The van der Waals surface area contributed by atoms with Crippen molar-refractivity contribution >= 4 is 50.6 Å². The summed E-state index contributed by atoms with van der Waals surface area (Å²) in [6.07, 6.45) is -0.481. The number of benzene rings is 2. The molecule has 0 radical (unpaired) electrons. The molecule has 0 aliphatic rings. The second-order valence-corrected chi connectivity index (χ2v) is 8.69. The molecule has 6 nitrogen and oxygen atoms in total. The van der Waals surface area contributed by atoms with Gasteiger partial charge >= 0.3 is 5.97 Å². The topological polar surface area (TPSA) is 108 Å². The lowest BCUT2D eigenvalue weighted by atomic mass is 10.1. The molecule has 0 fully saturated rings. The van der Waals surface area contributed by atoms with Crippen LogP contribution in [0.1, 0.15) is 35.3 Å². The second kappa shape index (κ2) is 8.38. The molecule has 0 bridgehead atoms. The van der Waals surface area contributed by atoms with Crippen molar-refractivity contribution in [2.24, 2.45) is 0 Å². The van der Waals surface area contributed by atoms with Gasteiger partial charge in [-0.2, -0.15) is 10.5 Å². The number of nitrogens with zero attached hydrogens (tertiary/aromatic N) is 2. The van der Waals surface area contributed by atoms with Crippen molar-refractivity contribution in [3.8, 4) is 12.1 Å². The summed E-state index contributed by atoms with van der Waals surface area (Å²) in [5.74, 6) is -0.860. The maximum atomic E-state index is 13.3. The average Bonchev–Trinajstić information content (AvgIpc) is 2.63. The van der Waals surface area contributed by atoms with Gasteiger partial charge in [0.15, 0.2) is 0 Å². The molecule has 2 aromatic rings. The van der Waals surface area contributed by atoms with Crippen molar-refractivity contribution in [3.05, 3.63) is 56.0 Å². The molecule has 0 amide bonds. The van der Waals surface area contributed by atoms with Gasteiger partial charge in [-0.15, -0.1) is 0 Å². The van der Waals surface area contributed by atoms with Crippen molar-refractivity contribution < 1.29 is 17.9 Å². The highest BCUT2D eigenvalue weighted by Gasteiger charge is 2.33. The van der Waals surface area contributed by atoms with E-state index in [4.69, 9.17) is 39.5 Å². The third kappa shape index (κ3) is 3.80. The lowest BCUT2D eigenvalue weighted by molar-refractivity contribution is 0.0373. The zero-order valence-corrected chi connectivity index (χ0v) is 17.5. The van der Waals surface area contributed by atoms with Gasteiger partial charge < -0.3 is 4.74 Å². The maximum absolute atomic E-state index is 13.3. The first kappa shape index (κ1) is 22.0. The third-order valence-electron chi connectivity index (χ3n) is 3.51. The van der Waals surface area contributed by atoms with Crippen molar-refractivity contribution in [2.75, 3.05) is 0 Å². The highest BCUT2D eigenvalue weighted by atomic mass is 35.5. The molecule has 0 N–H and O–H groups in total. The monoisotopic (exact) mass is 456 g/mol. The van der Waals surface area contributed by atoms with Crippen LogP contribution < -0.4 is 0 Å². The standard InChI is InChI=1S/C18H11Cl3N2O4S/c1-9(2)27-18(24)10-5-3-4-6-13(10)28(25,26)17-15(20)12(8-23)11(7-22)14(19)16(17)21/h3-6,9H,1-2H3. The van der Waals surface area contributed by atoms with Crippen LogP contribution >= 0.6 is 34.8 Å². The normalized spacial score (nSPS) is 11.0. The van der Waals surface area contributed by atoms with Crippen LogP contribution in [-0.2, 0) is 14.6 Å². The average molecular weight is 458 g/mol. The number of nitriles is 2. The molecule has 0 unspecified atom stereocenters. The first-order valence-electron chi connectivity index (χ1n) is 7.63. The largest absolute Gasteiger partial charge is 0.459 e. The fourth-order valence-corrected chi connectivity index (χ4v) is 5.30. The Morgan fingerprint density at radius 1 is 1.00 bits per heavy atom. The van der Waals surface area contributed by atoms with Crippen LogP contribution in [0.3, 0.4) is 0 Å². The van der Waals surface area contributed by atoms with E-state index >= 15 is 0 Å². The summed E-state index contributed by atoms with van der Waals surface area (Å²) in [5, 5.41) is 17.0. The first-order chi connectivity index (χ1) is 13.1. The minimum atomic E-state index is -4.50. The molecule has 0 spiro atoms. The fraction of sp³-hybridized carbons (Fsp3) is 0.167. The molecule has 0 heterocycles. The van der Waals surface area contributed by atoms with Gasteiger partial charge in [0.2, 0.25) is 9.84 Å². The van der Waals surface area contributed by atoms with Crippen LogP contribution in [0, 0.1) is 22.7 Å². The van der Waals surface area contributed by atoms with Crippen LogP contribution in [0.2, 0.25) is 15.1 Å². The summed E-state index contributed by atoms with van der Waals surface area (Å²) in [7, 11) is -4.50. The number of carbonyl (C=O) groups excluding carboxylic acids is 1. The maximum Gasteiger partial charge on any atom is 0.339 e. The zero-order chi connectivity index (χ0) is 21.2. The molecular formula is C18H11Cl3N2O4S. The minimum absolute atomic E-state index is 0.234. The third-order valence-corrected chi connectivity index (χ3v) is 6.85. The molecule has 0 aliphatic carbocycles. The highest BCUT2D eigenvalue weighted by Crippen LogP contribution is 2.43. The van der Waals surface area contributed by atoms with Gasteiger partial charge in [-0.05, 0) is 26.0 Å². The van der Waals surface area contributed by atoms with Crippen molar-refractivity contribution in [2.45, 2.75) is 29.7 Å². The number of esters is 1. The number of rotatable bonds is 4. The van der Waals surface area contributed by atoms with E-state index < -0.39 is 52.3 Å². The Morgan fingerprint density at radius 3 is 2.07 bits per heavy atom. The summed E-state index contributed by atoms with van der Waals surface area (Å²) in [5.41, 5.74) is -1.01. The minimum Gasteiger partial charge on any atom is -0.459 e. The smallest absolute Gasteiger partial charge is 0.339 e. The summed E-state index contributed by atoms with van der Waals surface area (Å²) in [6, 6.07) is 8.65. The van der Waals surface area contributed by atoms with Gasteiger partial charge in [-0.1, -0.05) is 46.9 Å². The van der Waals surface area contributed by atoms with Crippen LogP contribution in [0.5, 0.6) is 0 Å². The Morgan fingerprint density at radius 2 is 1.54 bits per heavy atom. The predicted molar refractivity (Wildman–Crippen MR) is 103 cm³/mol. The number of halogens is 3. The van der Waals surface area contributed by atoms with Crippen molar-refractivity contribution in [1.82, 2.24) is 0 Å². The molecule has 28 heavy (non-hydrogen) atoms. The van der Waals surface area contributed by atoms with E-state index in [2.05, 4.69) is 0 Å². The predicted octanol–water partition coefficient (Wildman–Crippen LogP) is 4.79. The highest BCUT2D eigenvalue weighted by molar-refractivity contribution is 7.91. The van der Waals surface area contributed by atoms with E-state index in [1.165, 1.54) is 24.3 Å².